The highest BCUT2D eigenvalue weighted by molar-refractivity contribution is 7.92. The summed E-state index contributed by atoms with van der Waals surface area (Å²) in [5, 5.41) is 2.38. The smallest absolute Gasteiger partial charge is 0.239 e. The number of anilines is 1. The molecule has 2 aromatic rings. The molecule has 0 aromatic heterocycles. The number of ether oxygens (including phenoxy) is 1. The van der Waals surface area contributed by atoms with Gasteiger partial charge in [0.15, 0.2) is 21.4 Å². The number of sulfone groups is 1. The number of methoxy groups -OCH3 is 1. The first-order valence-corrected chi connectivity index (χ1v) is 9.59. The molecule has 25 heavy (non-hydrogen) atoms. The minimum Gasteiger partial charge on any atom is -0.494 e. The Labute approximate surface area is 146 Å². The lowest BCUT2D eigenvalue weighted by atomic mass is 10.1. The van der Waals surface area contributed by atoms with Crippen LogP contribution < -0.4 is 10.1 Å². The van der Waals surface area contributed by atoms with Gasteiger partial charge in [0.2, 0.25) is 5.91 Å². The second-order valence-electron chi connectivity index (χ2n) is 5.58. The topological polar surface area (TPSA) is 72.5 Å². The first-order chi connectivity index (χ1) is 11.9. The Bertz CT molecular complexity index is 822. The molecular formula is C18H20FNO4S. The van der Waals surface area contributed by atoms with Crippen LogP contribution in [0.5, 0.6) is 5.75 Å². The lowest BCUT2D eigenvalue weighted by Crippen LogP contribution is -2.25. The second kappa shape index (κ2) is 8.62. The molecule has 0 saturated heterocycles. The molecule has 0 aliphatic rings. The number of amides is 1. The number of halogens is 1. The molecule has 0 heterocycles. The van der Waals surface area contributed by atoms with Gasteiger partial charge in [0, 0.05) is 11.8 Å². The van der Waals surface area contributed by atoms with Crippen LogP contribution in [0.3, 0.4) is 0 Å². The van der Waals surface area contributed by atoms with Crippen LogP contribution in [0, 0.1) is 5.82 Å². The molecule has 0 aliphatic heterocycles. The summed E-state index contributed by atoms with van der Waals surface area (Å²) in [7, 11) is -2.19. The van der Waals surface area contributed by atoms with E-state index in [9.17, 15) is 17.6 Å². The van der Waals surface area contributed by atoms with E-state index in [0.717, 1.165) is 11.6 Å². The van der Waals surface area contributed by atoms with Crippen molar-refractivity contribution in [2.24, 2.45) is 0 Å². The van der Waals surface area contributed by atoms with Crippen molar-refractivity contribution in [2.75, 3.05) is 23.9 Å². The zero-order chi connectivity index (χ0) is 18.3. The normalized spacial score (nSPS) is 11.1. The molecule has 0 aliphatic carbocycles. The van der Waals surface area contributed by atoms with Gasteiger partial charge in [-0.2, -0.15) is 0 Å². The molecule has 2 aromatic carbocycles. The number of carbonyl (C=O) groups is 1. The van der Waals surface area contributed by atoms with E-state index in [1.807, 2.05) is 30.3 Å². The Balaban J connectivity index is 1.85. The molecule has 0 spiro atoms. The number of aryl methyl sites for hydroxylation is 1. The van der Waals surface area contributed by atoms with Crippen LogP contribution in [-0.4, -0.2) is 32.9 Å². The summed E-state index contributed by atoms with van der Waals surface area (Å²) in [5.41, 5.74) is 1.23. The maximum absolute atomic E-state index is 13.6. The standard InChI is InChI=1S/C18H20FNO4S/c1-24-17-10-9-15(12-16(17)19)20-18(21)13-25(22,23)11-5-8-14-6-3-2-4-7-14/h2-4,6-7,9-10,12H,5,8,11,13H2,1H3,(H,20,21). The number of hydrogen-bond acceptors (Lipinski definition) is 4. The van der Waals surface area contributed by atoms with E-state index in [0.29, 0.717) is 12.8 Å². The molecular weight excluding hydrogens is 345 g/mol. The van der Waals surface area contributed by atoms with E-state index in [1.165, 1.54) is 19.2 Å². The third-order valence-electron chi connectivity index (χ3n) is 3.55. The maximum Gasteiger partial charge on any atom is 0.239 e. The van der Waals surface area contributed by atoms with Crippen LogP contribution in [0.2, 0.25) is 0 Å². The molecule has 1 amide bonds. The van der Waals surface area contributed by atoms with E-state index in [2.05, 4.69) is 5.32 Å². The van der Waals surface area contributed by atoms with Gasteiger partial charge < -0.3 is 10.1 Å². The fourth-order valence-corrected chi connectivity index (χ4v) is 3.55. The minimum absolute atomic E-state index is 0.0477. The number of carbonyl (C=O) groups excluding carboxylic acids is 1. The SMILES string of the molecule is COc1ccc(NC(=O)CS(=O)(=O)CCCc2ccccc2)cc1F. The van der Waals surface area contributed by atoms with Crippen LogP contribution >= 0.6 is 0 Å². The zero-order valence-corrected chi connectivity index (χ0v) is 14.7. The minimum atomic E-state index is -3.52. The molecule has 134 valence electrons. The predicted molar refractivity (Wildman–Crippen MR) is 95.0 cm³/mol. The number of hydrogen-bond donors (Lipinski definition) is 1. The van der Waals surface area contributed by atoms with Crippen LogP contribution in [0.1, 0.15) is 12.0 Å². The predicted octanol–water partition coefficient (Wildman–Crippen LogP) is 2.82. The number of nitrogens with one attached hydrogen (secondary N) is 1. The molecule has 0 fully saturated rings. The Hall–Kier alpha value is -2.41. The first-order valence-electron chi connectivity index (χ1n) is 7.77. The first kappa shape index (κ1) is 18.9. The molecule has 0 atom stereocenters. The molecule has 0 bridgehead atoms. The van der Waals surface area contributed by atoms with Gasteiger partial charge in [0.1, 0.15) is 5.75 Å². The van der Waals surface area contributed by atoms with E-state index < -0.39 is 27.3 Å². The summed E-state index contributed by atoms with van der Waals surface area (Å²) < 4.78 is 42.4. The largest absolute Gasteiger partial charge is 0.494 e. The van der Waals surface area contributed by atoms with Crippen LogP contribution in [0.4, 0.5) is 10.1 Å². The van der Waals surface area contributed by atoms with Gasteiger partial charge >= 0.3 is 0 Å². The molecule has 2 rings (SSSR count). The average Bonchev–Trinajstić information content (AvgIpc) is 2.55. The summed E-state index contributed by atoms with van der Waals surface area (Å²) >= 11 is 0. The molecule has 1 N–H and O–H groups in total. The Morgan fingerprint density at radius 2 is 1.88 bits per heavy atom. The van der Waals surface area contributed by atoms with E-state index in [1.54, 1.807) is 0 Å². The van der Waals surface area contributed by atoms with Crippen LogP contribution in [0.25, 0.3) is 0 Å². The summed E-state index contributed by atoms with van der Waals surface area (Å²) in [6, 6.07) is 13.4. The second-order valence-corrected chi connectivity index (χ2v) is 7.76. The summed E-state index contributed by atoms with van der Waals surface area (Å²) in [4.78, 5) is 11.9. The molecule has 7 heteroatoms. The van der Waals surface area contributed by atoms with Gasteiger partial charge in [-0.15, -0.1) is 0 Å². The van der Waals surface area contributed by atoms with Crippen LogP contribution in [-0.2, 0) is 21.1 Å². The van der Waals surface area contributed by atoms with Crippen molar-refractivity contribution in [1.82, 2.24) is 0 Å². The molecule has 5 nitrogen and oxygen atoms in total. The Morgan fingerprint density at radius 3 is 2.52 bits per heavy atom. The van der Waals surface area contributed by atoms with Crippen molar-refractivity contribution in [3.05, 3.63) is 59.9 Å². The molecule has 0 unspecified atom stereocenters. The lowest BCUT2D eigenvalue weighted by Gasteiger charge is -2.08. The van der Waals surface area contributed by atoms with Gasteiger partial charge in [0.05, 0.1) is 12.9 Å². The quantitative estimate of drug-likeness (QED) is 0.781. The highest BCUT2D eigenvalue weighted by Gasteiger charge is 2.17. The van der Waals surface area contributed by atoms with Crippen molar-refractivity contribution in [2.45, 2.75) is 12.8 Å². The number of rotatable bonds is 8. The fourth-order valence-electron chi connectivity index (χ4n) is 2.35. The van der Waals surface area contributed by atoms with Crippen molar-refractivity contribution in [3.8, 4) is 5.75 Å². The van der Waals surface area contributed by atoms with Crippen molar-refractivity contribution in [1.29, 1.82) is 0 Å². The van der Waals surface area contributed by atoms with Gasteiger partial charge in [-0.3, -0.25) is 4.79 Å². The van der Waals surface area contributed by atoms with E-state index >= 15 is 0 Å². The highest BCUT2D eigenvalue weighted by atomic mass is 32.2. The van der Waals surface area contributed by atoms with Crippen molar-refractivity contribution in [3.63, 3.8) is 0 Å². The Morgan fingerprint density at radius 1 is 1.16 bits per heavy atom. The highest BCUT2D eigenvalue weighted by Crippen LogP contribution is 2.20. The third-order valence-corrected chi connectivity index (χ3v) is 5.16. The summed E-state index contributed by atoms with van der Waals surface area (Å²) in [6.07, 6.45) is 1.07. The van der Waals surface area contributed by atoms with Gasteiger partial charge in [-0.05, 0) is 30.5 Å². The van der Waals surface area contributed by atoms with E-state index in [4.69, 9.17) is 4.74 Å². The molecule has 0 saturated carbocycles. The van der Waals surface area contributed by atoms with E-state index in [-0.39, 0.29) is 17.2 Å². The summed E-state index contributed by atoms with van der Waals surface area (Å²) in [5.74, 6) is -1.98. The maximum atomic E-state index is 13.6. The van der Waals surface area contributed by atoms with Gasteiger partial charge in [-0.25, -0.2) is 12.8 Å². The van der Waals surface area contributed by atoms with Crippen LogP contribution in [0.15, 0.2) is 48.5 Å². The monoisotopic (exact) mass is 365 g/mol. The lowest BCUT2D eigenvalue weighted by molar-refractivity contribution is -0.113. The van der Waals surface area contributed by atoms with Crippen molar-refractivity contribution < 1.29 is 22.3 Å². The molecule has 0 radical (unpaired) electrons. The van der Waals surface area contributed by atoms with Crippen molar-refractivity contribution >= 4 is 21.4 Å². The zero-order valence-electron chi connectivity index (χ0n) is 13.9. The third kappa shape index (κ3) is 6.19. The van der Waals surface area contributed by atoms with Gasteiger partial charge in [-0.1, -0.05) is 30.3 Å². The Kier molecular flexibility index (Phi) is 6.52. The number of benzene rings is 2. The summed E-state index contributed by atoms with van der Waals surface area (Å²) in [6.45, 7) is 0. The van der Waals surface area contributed by atoms with Gasteiger partial charge in [0.25, 0.3) is 0 Å². The average molecular weight is 365 g/mol. The fraction of sp³-hybridized carbons (Fsp3) is 0.278.